The van der Waals surface area contributed by atoms with Crippen LogP contribution in [0.5, 0.6) is 0 Å². The first-order valence-corrected chi connectivity index (χ1v) is 6.79. The van der Waals surface area contributed by atoms with Crippen molar-refractivity contribution in [1.29, 1.82) is 0 Å². The van der Waals surface area contributed by atoms with Gasteiger partial charge in [0.15, 0.2) is 0 Å². The van der Waals surface area contributed by atoms with Gasteiger partial charge in [0.25, 0.3) is 0 Å². The Hall–Kier alpha value is -0.120. The number of piperidine rings is 1. The third kappa shape index (κ3) is 4.40. The van der Waals surface area contributed by atoms with Crippen molar-refractivity contribution >= 4 is 0 Å². The molecule has 2 fully saturated rings. The summed E-state index contributed by atoms with van der Waals surface area (Å²) in [5.41, 5.74) is 0. The van der Waals surface area contributed by atoms with Gasteiger partial charge in [0, 0.05) is 13.1 Å². The molecule has 0 aromatic carbocycles. The minimum atomic E-state index is 0.880. The monoisotopic (exact) mass is 225 g/mol. The number of hydrogen-bond acceptors (Lipinski definition) is 3. The summed E-state index contributed by atoms with van der Waals surface area (Å²) in [5.74, 6) is 0.880. The largest absolute Gasteiger partial charge is 0.379 e. The fraction of sp³-hybridized carbons (Fsp3) is 0.923. The fourth-order valence-electron chi connectivity index (χ4n) is 2.57. The maximum atomic E-state index is 5.34. The van der Waals surface area contributed by atoms with Gasteiger partial charge in [-0.25, -0.2) is 0 Å². The quantitative estimate of drug-likeness (QED) is 0.714. The Morgan fingerprint density at radius 1 is 1.19 bits per heavy atom. The molecule has 0 bridgehead atoms. The number of rotatable bonds is 5. The Balaban J connectivity index is 1.47. The third-order valence-corrected chi connectivity index (χ3v) is 3.67. The summed E-state index contributed by atoms with van der Waals surface area (Å²) < 4.78 is 5.34. The molecule has 1 radical (unpaired) electrons. The number of nitrogens with one attached hydrogen (secondary N) is 1. The van der Waals surface area contributed by atoms with Crippen molar-refractivity contribution < 1.29 is 4.74 Å². The number of hydrogen-bond donors (Lipinski definition) is 1. The standard InChI is InChI=1S/C13H25N2O/c1(3-13-4-6-14-7-5-13)2-8-15-9-11-16-12-10-15/h3,13-14H,1-2,4-12H2. The molecular formula is C13H25N2O. The highest BCUT2D eigenvalue weighted by atomic mass is 16.5. The van der Waals surface area contributed by atoms with Crippen molar-refractivity contribution in [1.82, 2.24) is 10.2 Å². The second-order valence-electron chi connectivity index (χ2n) is 4.92. The van der Waals surface area contributed by atoms with Crippen molar-refractivity contribution in [3.8, 4) is 0 Å². The molecule has 3 heteroatoms. The van der Waals surface area contributed by atoms with Crippen LogP contribution in [0, 0.1) is 12.3 Å². The van der Waals surface area contributed by atoms with Gasteiger partial charge in [-0.2, -0.15) is 0 Å². The maximum Gasteiger partial charge on any atom is 0.0594 e. The Labute approximate surface area is 99.5 Å². The van der Waals surface area contributed by atoms with Crippen LogP contribution in [0.25, 0.3) is 0 Å². The first kappa shape index (κ1) is 12.3. The molecule has 2 saturated heterocycles. The van der Waals surface area contributed by atoms with Crippen LogP contribution in [0.15, 0.2) is 0 Å². The molecule has 0 unspecified atom stereocenters. The summed E-state index contributed by atoms with van der Waals surface area (Å²) in [5, 5.41) is 3.41. The molecule has 2 rings (SSSR count). The Kier molecular flexibility index (Phi) is 5.59. The highest BCUT2D eigenvalue weighted by Gasteiger charge is 2.13. The molecule has 2 aliphatic heterocycles. The van der Waals surface area contributed by atoms with Crippen molar-refractivity contribution in [3.05, 3.63) is 6.42 Å². The molecule has 0 spiro atoms. The second kappa shape index (κ2) is 7.25. The van der Waals surface area contributed by atoms with E-state index in [1.165, 1.54) is 45.3 Å². The van der Waals surface area contributed by atoms with Crippen LogP contribution in [0.2, 0.25) is 0 Å². The number of unbranched alkanes of at least 4 members (excludes halogenated alkanes) is 1. The molecule has 0 aromatic rings. The molecule has 0 aliphatic carbocycles. The highest BCUT2D eigenvalue weighted by molar-refractivity contribution is 4.81. The van der Waals surface area contributed by atoms with Crippen LogP contribution < -0.4 is 5.32 Å². The van der Waals surface area contributed by atoms with Gasteiger partial charge in [-0.15, -0.1) is 0 Å². The van der Waals surface area contributed by atoms with E-state index >= 15 is 0 Å². The zero-order chi connectivity index (χ0) is 11.1. The molecule has 2 heterocycles. The lowest BCUT2D eigenvalue weighted by molar-refractivity contribution is 0.0373. The van der Waals surface area contributed by atoms with Crippen LogP contribution in [0.4, 0.5) is 0 Å². The van der Waals surface area contributed by atoms with E-state index in [4.69, 9.17) is 4.74 Å². The van der Waals surface area contributed by atoms with Crippen LogP contribution in [-0.4, -0.2) is 50.8 Å². The molecule has 93 valence electrons. The van der Waals surface area contributed by atoms with Crippen molar-refractivity contribution in [3.63, 3.8) is 0 Å². The predicted octanol–water partition coefficient (Wildman–Crippen LogP) is 1.30. The SMILES string of the molecule is [CH](CCCN1CCOCC1)C1CCNCC1. The second-order valence-corrected chi connectivity index (χ2v) is 4.92. The summed E-state index contributed by atoms with van der Waals surface area (Å²) in [4.78, 5) is 2.53. The lowest BCUT2D eigenvalue weighted by atomic mass is 9.92. The van der Waals surface area contributed by atoms with Crippen LogP contribution in [-0.2, 0) is 4.74 Å². The smallest absolute Gasteiger partial charge is 0.0594 e. The van der Waals surface area contributed by atoms with Crippen molar-refractivity contribution in [2.75, 3.05) is 45.9 Å². The first-order valence-electron chi connectivity index (χ1n) is 6.79. The van der Waals surface area contributed by atoms with Crippen LogP contribution >= 0.6 is 0 Å². The van der Waals surface area contributed by atoms with Crippen LogP contribution in [0.1, 0.15) is 25.7 Å². The van der Waals surface area contributed by atoms with Gasteiger partial charge in [0.2, 0.25) is 0 Å². The lowest BCUT2D eigenvalue weighted by Gasteiger charge is -2.27. The highest BCUT2D eigenvalue weighted by Crippen LogP contribution is 2.17. The summed E-state index contributed by atoms with van der Waals surface area (Å²) in [6.07, 6.45) is 7.86. The summed E-state index contributed by atoms with van der Waals surface area (Å²) >= 11 is 0. The van der Waals surface area contributed by atoms with Crippen molar-refractivity contribution in [2.45, 2.75) is 25.7 Å². The molecular weight excluding hydrogens is 200 g/mol. The number of morpholine rings is 1. The molecule has 1 N–H and O–H groups in total. The summed E-state index contributed by atoms with van der Waals surface area (Å²) in [7, 11) is 0. The number of nitrogens with zero attached hydrogens (tertiary/aromatic N) is 1. The van der Waals surface area contributed by atoms with E-state index in [1.807, 2.05) is 0 Å². The first-order chi connectivity index (χ1) is 7.95. The Morgan fingerprint density at radius 3 is 2.69 bits per heavy atom. The average molecular weight is 225 g/mol. The minimum absolute atomic E-state index is 0.880. The van der Waals surface area contributed by atoms with Crippen molar-refractivity contribution in [2.24, 2.45) is 5.92 Å². The van der Waals surface area contributed by atoms with E-state index in [9.17, 15) is 0 Å². The van der Waals surface area contributed by atoms with E-state index in [-0.39, 0.29) is 0 Å². The third-order valence-electron chi connectivity index (χ3n) is 3.67. The summed E-state index contributed by atoms with van der Waals surface area (Å²) in [6.45, 7) is 7.80. The molecule has 0 amide bonds. The van der Waals surface area contributed by atoms with Gasteiger partial charge in [0.1, 0.15) is 0 Å². The van der Waals surface area contributed by atoms with Crippen LogP contribution in [0.3, 0.4) is 0 Å². The van der Waals surface area contributed by atoms with Gasteiger partial charge in [-0.05, 0) is 57.7 Å². The molecule has 0 aromatic heterocycles. The average Bonchev–Trinajstić information content (AvgIpc) is 2.37. The number of ether oxygens (including phenoxy) is 1. The maximum absolute atomic E-state index is 5.34. The minimum Gasteiger partial charge on any atom is -0.379 e. The van der Waals surface area contributed by atoms with Gasteiger partial charge >= 0.3 is 0 Å². The zero-order valence-corrected chi connectivity index (χ0v) is 10.3. The van der Waals surface area contributed by atoms with Gasteiger partial charge in [-0.1, -0.05) is 0 Å². The summed E-state index contributed by atoms with van der Waals surface area (Å²) in [6, 6.07) is 0. The van der Waals surface area contributed by atoms with E-state index in [1.54, 1.807) is 0 Å². The van der Waals surface area contributed by atoms with E-state index < -0.39 is 0 Å². The van der Waals surface area contributed by atoms with E-state index in [0.29, 0.717) is 0 Å². The lowest BCUT2D eigenvalue weighted by Crippen LogP contribution is -2.36. The van der Waals surface area contributed by atoms with Gasteiger partial charge in [-0.3, -0.25) is 4.90 Å². The van der Waals surface area contributed by atoms with Gasteiger partial charge in [0.05, 0.1) is 13.2 Å². The normalized spacial score (nSPS) is 24.8. The molecule has 3 nitrogen and oxygen atoms in total. The molecule has 0 saturated carbocycles. The van der Waals surface area contributed by atoms with E-state index in [0.717, 1.165) is 32.2 Å². The molecule has 16 heavy (non-hydrogen) atoms. The molecule has 2 aliphatic rings. The Morgan fingerprint density at radius 2 is 1.94 bits per heavy atom. The fourth-order valence-corrected chi connectivity index (χ4v) is 2.57. The zero-order valence-electron chi connectivity index (χ0n) is 10.3. The predicted molar refractivity (Wildman–Crippen MR) is 66.4 cm³/mol. The van der Waals surface area contributed by atoms with Gasteiger partial charge < -0.3 is 10.1 Å². The molecule has 0 atom stereocenters. The Bertz CT molecular complexity index is 155. The topological polar surface area (TPSA) is 24.5 Å². The van der Waals surface area contributed by atoms with E-state index in [2.05, 4.69) is 16.6 Å².